The van der Waals surface area contributed by atoms with Gasteiger partial charge in [-0.15, -0.1) is 0 Å². The molecule has 0 aliphatic heterocycles. The molecule has 0 aromatic carbocycles. The minimum Gasteiger partial charge on any atom is -0.298 e. The minimum absolute atomic E-state index is 1.04. The summed E-state index contributed by atoms with van der Waals surface area (Å²) >= 11 is 0. The van der Waals surface area contributed by atoms with Crippen molar-refractivity contribution in [2.45, 2.75) is 65.2 Å². The van der Waals surface area contributed by atoms with Gasteiger partial charge in [0.25, 0.3) is 0 Å². The Morgan fingerprint density at radius 1 is 0.846 bits per heavy atom. The Morgan fingerprint density at radius 3 is 2.08 bits per heavy atom. The molecule has 1 nitrogen and oxygen atoms in total. The number of rotatable bonds is 9. The van der Waals surface area contributed by atoms with E-state index in [4.69, 9.17) is 0 Å². The van der Waals surface area contributed by atoms with Gasteiger partial charge in [-0.05, 0) is 19.1 Å². The van der Waals surface area contributed by atoms with Gasteiger partial charge in [-0.3, -0.25) is 4.99 Å². The van der Waals surface area contributed by atoms with Gasteiger partial charge in [0.2, 0.25) is 0 Å². The maximum atomic E-state index is 4.30. The first kappa shape index (κ1) is 12.7. The molecule has 1 heteroatoms. The molecule has 0 fully saturated rings. The summed E-state index contributed by atoms with van der Waals surface area (Å²) in [6.07, 6.45) is 12.8. The topological polar surface area (TPSA) is 12.4 Å². The highest BCUT2D eigenvalue weighted by Gasteiger charge is 1.88. The zero-order valence-electron chi connectivity index (χ0n) is 9.39. The third kappa shape index (κ3) is 11.7. The predicted octanol–water partition coefficient (Wildman–Crippen LogP) is 4.22. The third-order valence-electron chi connectivity index (χ3n) is 2.20. The monoisotopic (exact) mass is 183 g/mol. The average molecular weight is 183 g/mol. The lowest BCUT2D eigenvalue weighted by molar-refractivity contribution is 0.593. The first-order valence-electron chi connectivity index (χ1n) is 5.90. The molecule has 0 aliphatic rings. The van der Waals surface area contributed by atoms with Crippen molar-refractivity contribution >= 4 is 6.21 Å². The minimum atomic E-state index is 1.04. The van der Waals surface area contributed by atoms with Crippen molar-refractivity contribution < 1.29 is 0 Å². The van der Waals surface area contributed by atoms with Crippen LogP contribution in [-0.4, -0.2) is 12.8 Å². The van der Waals surface area contributed by atoms with Crippen LogP contribution in [0.15, 0.2) is 4.99 Å². The van der Waals surface area contributed by atoms with Gasteiger partial charge in [0.15, 0.2) is 0 Å². The van der Waals surface area contributed by atoms with Crippen molar-refractivity contribution in [1.29, 1.82) is 0 Å². The second-order valence-electron chi connectivity index (χ2n) is 3.62. The quantitative estimate of drug-likeness (QED) is 0.375. The van der Waals surface area contributed by atoms with Gasteiger partial charge in [-0.2, -0.15) is 0 Å². The van der Waals surface area contributed by atoms with Crippen LogP contribution in [0.3, 0.4) is 0 Å². The summed E-state index contributed by atoms with van der Waals surface area (Å²) in [5, 5.41) is 0. The van der Waals surface area contributed by atoms with E-state index in [1.54, 1.807) is 0 Å². The van der Waals surface area contributed by atoms with Gasteiger partial charge in [-0.1, -0.05) is 52.4 Å². The fraction of sp³-hybridized carbons (Fsp3) is 0.917. The fourth-order valence-corrected chi connectivity index (χ4v) is 1.38. The summed E-state index contributed by atoms with van der Waals surface area (Å²) in [6, 6.07) is 0. The Kier molecular flexibility index (Phi) is 11.4. The summed E-state index contributed by atoms with van der Waals surface area (Å²) in [5.41, 5.74) is 0. The summed E-state index contributed by atoms with van der Waals surface area (Å²) in [5.74, 6) is 0. The largest absolute Gasteiger partial charge is 0.298 e. The van der Waals surface area contributed by atoms with Crippen LogP contribution in [0.5, 0.6) is 0 Å². The first-order valence-corrected chi connectivity index (χ1v) is 5.90. The smallest absolute Gasteiger partial charge is 0.0385 e. The van der Waals surface area contributed by atoms with Crippen molar-refractivity contribution in [3.8, 4) is 0 Å². The molecule has 0 spiro atoms. The molecule has 78 valence electrons. The molecule has 0 heterocycles. The lowest BCUT2D eigenvalue weighted by Gasteiger charge is -1.98. The molecule has 0 N–H and O–H groups in total. The molecule has 0 aliphatic carbocycles. The number of nitrogens with zero attached hydrogens (tertiary/aromatic N) is 1. The molecule has 0 unspecified atom stereocenters. The Morgan fingerprint density at radius 2 is 1.46 bits per heavy atom. The molecular formula is C12H25N. The van der Waals surface area contributed by atoms with Crippen LogP contribution in [0, 0.1) is 0 Å². The number of hydrogen-bond donors (Lipinski definition) is 0. The Hall–Kier alpha value is -0.330. The molecule has 0 aromatic rings. The molecule has 0 saturated carbocycles. The SMILES string of the molecule is CCC=NCCCCCCCCC. The summed E-state index contributed by atoms with van der Waals surface area (Å²) in [7, 11) is 0. The van der Waals surface area contributed by atoms with Crippen molar-refractivity contribution in [3.05, 3.63) is 0 Å². The van der Waals surface area contributed by atoms with Crippen LogP contribution in [0.1, 0.15) is 65.2 Å². The van der Waals surface area contributed by atoms with E-state index in [2.05, 4.69) is 18.8 Å². The highest BCUT2D eigenvalue weighted by atomic mass is 14.7. The number of aliphatic imine (C=N–C) groups is 1. The van der Waals surface area contributed by atoms with E-state index in [0.717, 1.165) is 13.0 Å². The van der Waals surface area contributed by atoms with E-state index in [1.807, 2.05) is 6.21 Å². The Labute approximate surface area is 83.6 Å². The molecule has 0 atom stereocenters. The van der Waals surface area contributed by atoms with Crippen LogP contribution < -0.4 is 0 Å². The highest BCUT2D eigenvalue weighted by molar-refractivity contribution is 5.56. The molecule has 0 rings (SSSR count). The normalized spacial score (nSPS) is 11.2. The van der Waals surface area contributed by atoms with Gasteiger partial charge in [0, 0.05) is 6.54 Å². The second-order valence-corrected chi connectivity index (χ2v) is 3.62. The summed E-state index contributed by atoms with van der Waals surface area (Å²) in [6.45, 7) is 5.44. The van der Waals surface area contributed by atoms with Crippen LogP contribution >= 0.6 is 0 Å². The van der Waals surface area contributed by atoms with Crippen molar-refractivity contribution in [1.82, 2.24) is 0 Å². The third-order valence-corrected chi connectivity index (χ3v) is 2.20. The Balaban J connectivity index is 2.87. The standard InChI is InChI=1S/C12H25N/c1-3-5-6-7-8-9-10-12-13-11-4-2/h11H,3-10,12H2,1-2H3. The highest BCUT2D eigenvalue weighted by Crippen LogP contribution is 2.06. The molecular weight excluding hydrogens is 158 g/mol. The van der Waals surface area contributed by atoms with Gasteiger partial charge in [-0.25, -0.2) is 0 Å². The van der Waals surface area contributed by atoms with Crippen molar-refractivity contribution in [2.75, 3.05) is 6.54 Å². The molecule has 0 radical (unpaired) electrons. The van der Waals surface area contributed by atoms with Crippen LogP contribution in [-0.2, 0) is 0 Å². The van der Waals surface area contributed by atoms with Gasteiger partial charge in [0.05, 0.1) is 0 Å². The van der Waals surface area contributed by atoms with Gasteiger partial charge in [0.1, 0.15) is 0 Å². The number of unbranched alkanes of at least 4 members (excludes halogenated alkanes) is 6. The van der Waals surface area contributed by atoms with E-state index in [0.29, 0.717) is 0 Å². The summed E-state index contributed by atoms with van der Waals surface area (Å²) < 4.78 is 0. The number of hydrogen-bond acceptors (Lipinski definition) is 1. The van der Waals surface area contributed by atoms with E-state index in [9.17, 15) is 0 Å². The van der Waals surface area contributed by atoms with Crippen LogP contribution in [0.25, 0.3) is 0 Å². The van der Waals surface area contributed by atoms with E-state index in [1.165, 1.54) is 44.9 Å². The van der Waals surface area contributed by atoms with E-state index in [-0.39, 0.29) is 0 Å². The van der Waals surface area contributed by atoms with Crippen LogP contribution in [0.4, 0.5) is 0 Å². The first-order chi connectivity index (χ1) is 6.41. The molecule has 0 bridgehead atoms. The maximum Gasteiger partial charge on any atom is 0.0385 e. The zero-order chi connectivity index (χ0) is 9.78. The molecule has 0 amide bonds. The maximum absolute atomic E-state index is 4.30. The van der Waals surface area contributed by atoms with Crippen molar-refractivity contribution in [2.24, 2.45) is 4.99 Å². The Bertz CT molecular complexity index is 108. The second kappa shape index (κ2) is 11.7. The van der Waals surface area contributed by atoms with Gasteiger partial charge < -0.3 is 0 Å². The average Bonchev–Trinajstić information content (AvgIpc) is 2.16. The predicted molar refractivity (Wildman–Crippen MR) is 61.6 cm³/mol. The molecule has 0 aromatic heterocycles. The van der Waals surface area contributed by atoms with Crippen molar-refractivity contribution in [3.63, 3.8) is 0 Å². The molecule has 0 saturated heterocycles. The van der Waals surface area contributed by atoms with Crippen LogP contribution in [0.2, 0.25) is 0 Å². The fourth-order valence-electron chi connectivity index (χ4n) is 1.38. The molecule has 13 heavy (non-hydrogen) atoms. The van der Waals surface area contributed by atoms with E-state index >= 15 is 0 Å². The lowest BCUT2D eigenvalue weighted by Crippen LogP contribution is -1.84. The van der Waals surface area contributed by atoms with Gasteiger partial charge >= 0.3 is 0 Å². The summed E-state index contributed by atoms with van der Waals surface area (Å²) in [4.78, 5) is 4.30. The zero-order valence-corrected chi connectivity index (χ0v) is 9.39. The van der Waals surface area contributed by atoms with E-state index < -0.39 is 0 Å². The lowest BCUT2D eigenvalue weighted by atomic mass is 10.1.